The van der Waals surface area contributed by atoms with Gasteiger partial charge >= 0.3 is 0 Å². The van der Waals surface area contributed by atoms with Crippen LogP contribution in [0.3, 0.4) is 0 Å². The second-order valence-corrected chi connectivity index (χ2v) is 7.80. The van der Waals surface area contributed by atoms with Crippen LogP contribution in [-0.4, -0.2) is 34.8 Å². The lowest BCUT2D eigenvalue weighted by Gasteiger charge is -2.17. The fourth-order valence-electron chi connectivity index (χ4n) is 3.60. The number of methoxy groups -OCH3 is 1. The highest BCUT2D eigenvalue weighted by Crippen LogP contribution is 2.35. The lowest BCUT2D eigenvalue weighted by Crippen LogP contribution is -2.16. The van der Waals surface area contributed by atoms with Gasteiger partial charge in [0.05, 0.1) is 18.4 Å². The molecule has 0 aliphatic carbocycles. The van der Waals surface area contributed by atoms with Crippen molar-refractivity contribution in [3.05, 3.63) is 65.4 Å². The molecule has 0 bridgehead atoms. The van der Waals surface area contributed by atoms with Crippen LogP contribution in [0.25, 0.3) is 22.6 Å². The molecule has 3 aromatic rings. The molecule has 166 valence electrons. The van der Waals surface area contributed by atoms with Gasteiger partial charge in [-0.3, -0.25) is 10.4 Å². The van der Waals surface area contributed by atoms with Gasteiger partial charge in [-0.15, -0.1) is 0 Å². The summed E-state index contributed by atoms with van der Waals surface area (Å²) >= 11 is 0. The van der Waals surface area contributed by atoms with E-state index in [1.165, 1.54) is 0 Å². The Morgan fingerprint density at radius 2 is 1.81 bits per heavy atom. The van der Waals surface area contributed by atoms with Crippen molar-refractivity contribution in [1.29, 1.82) is 5.41 Å². The number of nitrogens with zero attached hydrogens (tertiary/aromatic N) is 3. The zero-order valence-corrected chi connectivity index (χ0v) is 19.0. The number of aromatic nitrogens is 2. The standard InChI is InChI=1S/C25H30N6O/c1-5-6-16-11-12-19(22(32-4)21(16)23(26)27)20-13-14-29-25(31-20)18-9-7-17(8-10-18)24(28)30-15(2)3/h7-15H,5-6H2,1-4H3,(H3,26,27)(H2,28,30). The molecule has 0 aliphatic rings. The minimum absolute atomic E-state index is 0.0160. The number of aliphatic imine (C=N–C) groups is 1. The number of nitrogens with two attached hydrogens (primary N) is 2. The van der Waals surface area contributed by atoms with E-state index in [-0.39, 0.29) is 11.9 Å². The van der Waals surface area contributed by atoms with Crippen LogP contribution in [0, 0.1) is 5.41 Å². The van der Waals surface area contributed by atoms with Crippen LogP contribution in [0.1, 0.15) is 43.9 Å². The summed E-state index contributed by atoms with van der Waals surface area (Å²) in [6.45, 7) is 6.07. The highest BCUT2D eigenvalue weighted by atomic mass is 16.5. The van der Waals surface area contributed by atoms with Gasteiger partial charge in [-0.1, -0.05) is 43.7 Å². The number of hydrogen-bond acceptors (Lipinski definition) is 5. The zero-order valence-electron chi connectivity index (χ0n) is 19.0. The zero-order chi connectivity index (χ0) is 23.3. The average molecular weight is 431 g/mol. The SMILES string of the molecule is CCCc1ccc(-c2ccnc(-c3ccc(C(N)=NC(C)C)cc3)n2)c(OC)c1C(=N)N. The second-order valence-electron chi connectivity index (χ2n) is 7.80. The normalized spacial score (nSPS) is 11.6. The average Bonchev–Trinajstić information content (AvgIpc) is 2.78. The van der Waals surface area contributed by atoms with Gasteiger partial charge in [-0.25, -0.2) is 9.97 Å². The van der Waals surface area contributed by atoms with E-state index >= 15 is 0 Å². The van der Waals surface area contributed by atoms with Gasteiger partial charge in [0.15, 0.2) is 5.82 Å². The van der Waals surface area contributed by atoms with Crippen molar-refractivity contribution in [3.63, 3.8) is 0 Å². The van der Waals surface area contributed by atoms with E-state index in [1.54, 1.807) is 13.3 Å². The lowest BCUT2D eigenvalue weighted by molar-refractivity contribution is 0.414. The smallest absolute Gasteiger partial charge is 0.159 e. The molecule has 0 aliphatic heterocycles. The van der Waals surface area contributed by atoms with E-state index in [0.717, 1.165) is 35.1 Å². The van der Waals surface area contributed by atoms with Crippen LogP contribution >= 0.6 is 0 Å². The van der Waals surface area contributed by atoms with Crippen LogP contribution in [0.15, 0.2) is 53.7 Å². The molecular weight excluding hydrogens is 400 g/mol. The van der Waals surface area contributed by atoms with Crippen LogP contribution in [0.4, 0.5) is 0 Å². The van der Waals surface area contributed by atoms with E-state index in [9.17, 15) is 0 Å². The van der Waals surface area contributed by atoms with Gasteiger partial charge in [0, 0.05) is 28.9 Å². The maximum absolute atomic E-state index is 8.08. The van der Waals surface area contributed by atoms with Crippen LogP contribution < -0.4 is 16.2 Å². The highest BCUT2D eigenvalue weighted by Gasteiger charge is 2.18. The van der Waals surface area contributed by atoms with Crippen molar-refractivity contribution < 1.29 is 4.74 Å². The van der Waals surface area contributed by atoms with Crippen LogP contribution in [0.5, 0.6) is 5.75 Å². The number of amidine groups is 2. The topological polar surface area (TPSA) is 123 Å². The lowest BCUT2D eigenvalue weighted by atomic mass is 9.96. The van der Waals surface area contributed by atoms with E-state index in [1.807, 2.05) is 56.3 Å². The van der Waals surface area contributed by atoms with Crippen molar-refractivity contribution in [2.45, 2.75) is 39.7 Å². The maximum atomic E-state index is 8.08. The van der Waals surface area contributed by atoms with Crippen molar-refractivity contribution in [1.82, 2.24) is 9.97 Å². The number of aryl methyl sites for hydroxylation is 1. The first-order valence-corrected chi connectivity index (χ1v) is 10.7. The Morgan fingerprint density at radius 3 is 2.41 bits per heavy atom. The number of rotatable bonds is 8. The van der Waals surface area contributed by atoms with Crippen LogP contribution in [0.2, 0.25) is 0 Å². The largest absolute Gasteiger partial charge is 0.495 e. The Morgan fingerprint density at radius 1 is 1.09 bits per heavy atom. The molecule has 0 unspecified atom stereocenters. The number of hydrogen-bond donors (Lipinski definition) is 3. The third-order valence-electron chi connectivity index (χ3n) is 5.00. The summed E-state index contributed by atoms with van der Waals surface area (Å²) in [5, 5.41) is 8.08. The molecule has 7 heteroatoms. The van der Waals surface area contributed by atoms with Gasteiger partial charge < -0.3 is 16.2 Å². The summed E-state index contributed by atoms with van der Waals surface area (Å²) in [6.07, 6.45) is 3.48. The molecule has 0 radical (unpaired) electrons. The molecule has 0 fully saturated rings. The van der Waals surface area contributed by atoms with Gasteiger partial charge in [0.25, 0.3) is 0 Å². The van der Waals surface area contributed by atoms with E-state index in [2.05, 4.69) is 16.9 Å². The molecule has 0 spiro atoms. The van der Waals surface area contributed by atoms with Gasteiger partial charge in [0.2, 0.25) is 0 Å². The maximum Gasteiger partial charge on any atom is 0.159 e. The summed E-state index contributed by atoms with van der Waals surface area (Å²) in [7, 11) is 1.59. The number of nitrogen functional groups attached to an aromatic ring is 1. The van der Waals surface area contributed by atoms with Crippen LogP contribution in [-0.2, 0) is 6.42 Å². The molecule has 7 nitrogen and oxygen atoms in total. The second kappa shape index (κ2) is 10.0. The summed E-state index contributed by atoms with van der Waals surface area (Å²) in [4.78, 5) is 13.6. The molecule has 1 aromatic heterocycles. The van der Waals surface area contributed by atoms with Crippen molar-refractivity contribution >= 4 is 11.7 Å². The molecule has 2 aromatic carbocycles. The third kappa shape index (κ3) is 4.94. The minimum atomic E-state index is -0.0160. The Bertz CT molecular complexity index is 1140. The number of nitrogens with one attached hydrogen (secondary N) is 1. The van der Waals surface area contributed by atoms with E-state index in [4.69, 9.17) is 26.6 Å². The predicted octanol–water partition coefficient (Wildman–Crippen LogP) is 4.17. The molecule has 0 amide bonds. The van der Waals surface area contributed by atoms with Gasteiger partial charge in [-0.05, 0) is 38.0 Å². The molecule has 32 heavy (non-hydrogen) atoms. The monoisotopic (exact) mass is 430 g/mol. The fraction of sp³-hybridized carbons (Fsp3) is 0.280. The molecule has 0 atom stereocenters. The molecule has 1 heterocycles. The highest BCUT2D eigenvalue weighted by molar-refractivity contribution is 6.01. The Labute approximate surface area is 189 Å². The first-order chi connectivity index (χ1) is 15.3. The molecular formula is C25H30N6O. The first-order valence-electron chi connectivity index (χ1n) is 10.7. The summed E-state index contributed by atoms with van der Waals surface area (Å²) in [5.74, 6) is 1.63. The quantitative estimate of drug-likeness (QED) is 0.365. The summed E-state index contributed by atoms with van der Waals surface area (Å²) in [5.41, 5.74) is 16.8. The summed E-state index contributed by atoms with van der Waals surface area (Å²) in [6, 6.07) is 13.6. The number of ether oxygens (including phenoxy) is 1. The van der Waals surface area contributed by atoms with E-state index in [0.29, 0.717) is 28.7 Å². The van der Waals surface area contributed by atoms with E-state index < -0.39 is 0 Å². The third-order valence-corrected chi connectivity index (χ3v) is 5.00. The Kier molecular flexibility index (Phi) is 7.20. The number of benzene rings is 2. The first kappa shape index (κ1) is 22.9. The van der Waals surface area contributed by atoms with Crippen molar-refractivity contribution in [3.8, 4) is 28.4 Å². The molecule has 0 saturated heterocycles. The Balaban J connectivity index is 2.03. The van der Waals surface area contributed by atoms with Crippen molar-refractivity contribution in [2.75, 3.05) is 7.11 Å². The molecule has 5 N–H and O–H groups in total. The van der Waals surface area contributed by atoms with Gasteiger partial charge in [0.1, 0.15) is 17.4 Å². The van der Waals surface area contributed by atoms with Crippen molar-refractivity contribution in [2.24, 2.45) is 16.5 Å². The summed E-state index contributed by atoms with van der Waals surface area (Å²) < 4.78 is 5.69. The van der Waals surface area contributed by atoms with Gasteiger partial charge in [-0.2, -0.15) is 0 Å². The predicted molar refractivity (Wildman–Crippen MR) is 130 cm³/mol. The minimum Gasteiger partial charge on any atom is -0.495 e. The Hall–Kier alpha value is -3.74. The molecule has 3 rings (SSSR count). The fourth-order valence-corrected chi connectivity index (χ4v) is 3.60. The molecule has 0 saturated carbocycles.